The Morgan fingerprint density at radius 3 is 2.38 bits per heavy atom. The van der Waals surface area contributed by atoms with Gasteiger partial charge in [0, 0.05) is 11.4 Å². The molecule has 0 spiro atoms. The SMILES string of the molecule is COc1ccc(-n2cnnc2SCC(=O)Nc2ccc(OC(F)(F)F)cc2)cc1. The highest BCUT2D eigenvalue weighted by molar-refractivity contribution is 7.99. The molecule has 3 rings (SSSR count). The van der Waals surface area contributed by atoms with Crippen LogP contribution in [0.15, 0.2) is 60.0 Å². The molecule has 2 aromatic carbocycles. The van der Waals surface area contributed by atoms with Crippen LogP contribution in [0.1, 0.15) is 0 Å². The summed E-state index contributed by atoms with van der Waals surface area (Å²) in [6, 6.07) is 12.1. The van der Waals surface area contributed by atoms with Gasteiger partial charge in [0.05, 0.1) is 12.9 Å². The van der Waals surface area contributed by atoms with Gasteiger partial charge >= 0.3 is 6.36 Å². The summed E-state index contributed by atoms with van der Waals surface area (Å²) in [7, 11) is 1.57. The van der Waals surface area contributed by atoms with E-state index in [-0.39, 0.29) is 17.4 Å². The van der Waals surface area contributed by atoms with Crippen molar-refractivity contribution in [2.45, 2.75) is 11.5 Å². The van der Waals surface area contributed by atoms with Crippen LogP contribution in [0.4, 0.5) is 18.9 Å². The van der Waals surface area contributed by atoms with Crippen LogP contribution in [0.5, 0.6) is 11.5 Å². The van der Waals surface area contributed by atoms with E-state index in [1.807, 2.05) is 12.1 Å². The molecule has 0 atom stereocenters. The standard InChI is InChI=1S/C18H15F3N4O3S/c1-27-14-8-4-13(5-9-14)25-11-22-24-17(25)29-10-16(26)23-12-2-6-15(7-3-12)28-18(19,20)21/h2-9,11H,10H2,1H3,(H,23,26). The van der Waals surface area contributed by atoms with Crippen molar-refractivity contribution in [2.75, 3.05) is 18.2 Å². The molecule has 1 amide bonds. The average molecular weight is 424 g/mol. The highest BCUT2D eigenvalue weighted by Crippen LogP contribution is 2.25. The van der Waals surface area contributed by atoms with Gasteiger partial charge < -0.3 is 14.8 Å². The van der Waals surface area contributed by atoms with Crippen molar-refractivity contribution < 1.29 is 27.4 Å². The minimum atomic E-state index is -4.76. The van der Waals surface area contributed by atoms with Gasteiger partial charge in [-0.05, 0) is 48.5 Å². The number of rotatable bonds is 7. The number of aromatic nitrogens is 3. The Labute approximate surface area is 167 Å². The van der Waals surface area contributed by atoms with E-state index in [0.29, 0.717) is 16.6 Å². The van der Waals surface area contributed by atoms with E-state index in [0.717, 1.165) is 17.8 Å². The number of nitrogens with zero attached hydrogens (tertiary/aromatic N) is 3. The first kappa shape index (κ1) is 20.5. The molecular weight excluding hydrogens is 409 g/mol. The Morgan fingerprint density at radius 2 is 1.76 bits per heavy atom. The summed E-state index contributed by atoms with van der Waals surface area (Å²) in [4.78, 5) is 12.1. The third-order valence-corrected chi connectivity index (χ3v) is 4.51. The minimum Gasteiger partial charge on any atom is -0.497 e. The molecule has 0 aliphatic rings. The third-order valence-electron chi connectivity index (χ3n) is 3.57. The number of methoxy groups -OCH3 is 1. The molecule has 3 aromatic rings. The topological polar surface area (TPSA) is 78.3 Å². The van der Waals surface area contributed by atoms with E-state index in [1.54, 1.807) is 23.8 Å². The molecule has 0 radical (unpaired) electrons. The lowest BCUT2D eigenvalue weighted by molar-refractivity contribution is -0.274. The van der Waals surface area contributed by atoms with Gasteiger partial charge in [0.15, 0.2) is 5.16 Å². The number of nitrogens with one attached hydrogen (secondary N) is 1. The average Bonchev–Trinajstić information content (AvgIpc) is 3.15. The number of ether oxygens (including phenoxy) is 2. The number of hydrogen-bond acceptors (Lipinski definition) is 6. The van der Waals surface area contributed by atoms with E-state index in [1.165, 1.54) is 30.2 Å². The van der Waals surface area contributed by atoms with Crippen LogP contribution in [0, 0.1) is 0 Å². The van der Waals surface area contributed by atoms with Crippen LogP contribution in [0.3, 0.4) is 0 Å². The van der Waals surface area contributed by atoms with Gasteiger partial charge in [-0.3, -0.25) is 9.36 Å². The second-order valence-electron chi connectivity index (χ2n) is 5.59. The van der Waals surface area contributed by atoms with Gasteiger partial charge in [-0.15, -0.1) is 23.4 Å². The number of amides is 1. The largest absolute Gasteiger partial charge is 0.573 e. The molecule has 11 heteroatoms. The molecule has 0 saturated carbocycles. The molecular formula is C18H15F3N4O3S. The zero-order chi connectivity index (χ0) is 20.9. The smallest absolute Gasteiger partial charge is 0.497 e. The normalized spacial score (nSPS) is 11.2. The lowest BCUT2D eigenvalue weighted by Gasteiger charge is -2.10. The quantitative estimate of drug-likeness (QED) is 0.580. The monoisotopic (exact) mass is 424 g/mol. The van der Waals surface area contributed by atoms with E-state index >= 15 is 0 Å². The van der Waals surface area contributed by atoms with Gasteiger partial charge in [-0.2, -0.15) is 0 Å². The Balaban J connectivity index is 1.57. The summed E-state index contributed by atoms with van der Waals surface area (Å²) >= 11 is 1.17. The van der Waals surface area contributed by atoms with Crippen LogP contribution >= 0.6 is 11.8 Å². The van der Waals surface area contributed by atoms with E-state index in [2.05, 4.69) is 20.3 Å². The summed E-state index contributed by atoms with van der Waals surface area (Å²) in [6.07, 6.45) is -3.23. The number of carbonyl (C=O) groups excluding carboxylic acids is 1. The van der Waals surface area contributed by atoms with Gasteiger partial charge in [0.25, 0.3) is 0 Å². The van der Waals surface area contributed by atoms with Crippen molar-refractivity contribution in [1.82, 2.24) is 14.8 Å². The molecule has 0 fully saturated rings. The number of halogens is 3. The van der Waals surface area contributed by atoms with Crippen LogP contribution < -0.4 is 14.8 Å². The van der Waals surface area contributed by atoms with Crippen molar-refractivity contribution in [2.24, 2.45) is 0 Å². The molecule has 0 saturated heterocycles. The van der Waals surface area contributed by atoms with Crippen molar-refractivity contribution in [3.05, 3.63) is 54.9 Å². The number of hydrogen-bond donors (Lipinski definition) is 1. The summed E-state index contributed by atoms with van der Waals surface area (Å²) in [5, 5.41) is 11.0. The van der Waals surface area contributed by atoms with Crippen molar-refractivity contribution >= 4 is 23.4 Å². The van der Waals surface area contributed by atoms with Crippen molar-refractivity contribution in [1.29, 1.82) is 0 Å². The molecule has 1 heterocycles. The molecule has 7 nitrogen and oxygen atoms in total. The van der Waals surface area contributed by atoms with Crippen LogP contribution in [0.2, 0.25) is 0 Å². The second kappa shape index (κ2) is 8.86. The zero-order valence-electron chi connectivity index (χ0n) is 15.0. The fourth-order valence-corrected chi connectivity index (χ4v) is 3.04. The molecule has 152 valence electrons. The Morgan fingerprint density at radius 1 is 1.10 bits per heavy atom. The predicted molar refractivity (Wildman–Crippen MR) is 100 cm³/mol. The molecule has 1 aromatic heterocycles. The first-order valence-corrected chi connectivity index (χ1v) is 9.15. The van der Waals surface area contributed by atoms with Crippen LogP contribution in [-0.4, -0.2) is 39.9 Å². The molecule has 29 heavy (non-hydrogen) atoms. The lowest BCUT2D eigenvalue weighted by atomic mass is 10.3. The van der Waals surface area contributed by atoms with E-state index < -0.39 is 6.36 Å². The van der Waals surface area contributed by atoms with Gasteiger partial charge in [-0.25, -0.2) is 0 Å². The zero-order valence-corrected chi connectivity index (χ0v) is 15.8. The third kappa shape index (κ3) is 5.88. The maximum absolute atomic E-state index is 12.2. The number of anilines is 1. The summed E-state index contributed by atoms with van der Waals surface area (Å²) in [6.45, 7) is 0. The Hall–Kier alpha value is -3.21. The molecule has 0 unspecified atom stereocenters. The minimum absolute atomic E-state index is 0.0374. The Kier molecular flexibility index (Phi) is 6.27. The van der Waals surface area contributed by atoms with Crippen molar-refractivity contribution in [3.63, 3.8) is 0 Å². The van der Waals surface area contributed by atoms with E-state index in [4.69, 9.17) is 4.74 Å². The molecule has 1 N–H and O–H groups in total. The number of thioether (sulfide) groups is 1. The second-order valence-corrected chi connectivity index (χ2v) is 6.53. The Bertz CT molecular complexity index is 960. The first-order chi connectivity index (χ1) is 13.8. The number of alkyl halides is 3. The highest BCUT2D eigenvalue weighted by Gasteiger charge is 2.30. The van der Waals surface area contributed by atoms with Crippen LogP contribution in [0.25, 0.3) is 5.69 Å². The maximum Gasteiger partial charge on any atom is 0.573 e. The summed E-state index contributed by atoms with van der Waals surface area (Å²) < 4.78 is 47.1. The molecule has 0 bridgehead atoms. The fraction of sp³-hybridized carbons (Fsp3) is 0.167. The number of carbonyl (C=O) groups is 1. The van der Waals surface area contributed by atoms with Gasteiger partial charge in [0.2, 0.25) is 5.91 Å². The predicted octanol–water partition coefficient (Wildman–Crippen LogP) is 3.91. The summed E-state index contributed by atoms with van der Waals surface area (Å²) in [5.74, 6) is 0.0404. The van der Waals surface area contributed by atoms with Gasteiger partial charge in [0.1, 0.15) is 17.8 Å². The van der Waals surface area contributed by atoms with E-state index in [9.17, 15) is 18.0 Å². The number of benzene rings is 2. The molecule has 0 aliphatic carbocycles. The summed E-state index contributed by atoms with van der Waals surface area (Å²) in [5.41, 5.74) is 1.15. The highest BCUT2D eigenvalue weighted by atomic mass is 32.2. The van der Waals surface area contributed by atoms with Gasteiger partial charge in [-0.1, -0.05) is 11.8 Å². The van der Waals surface area contributed by atoms with Crippen molar-refractivity contribution in [3.8, 4) is 17.2 Å². The fourth-order valence-electron chi connectivity index (χ4n) is 2.31. The lowest BCUT2D eigenvalue weighted by Crippen LogP contribution is -2.17. The maximum atomic E-state index is 12.2. The molecule has 0 aliphatic heterocycles. The first-order valence-electron chi connectivity index (χ1n) is 8.17. The van der Waals surface area contributed by atoms with Crippen LogP contribution in [-0.2, 0) is 4.79 Å².